The van der Waals surface area contributed by atoms with Gasteiger partial charge in [-0.25, -0.2) is 0 Å². The van der Waals surface area contributed by atoms with E-state index in [4.69, 9.17) is 0 Å². The van der Waals surface area contributed by atoms with Crippen LogP contribution in [0.2, 0.25) is 0 Å². The minimum Gasteiger partial charge on any atom is -0.312 e. The molecule has 1 heterocycles. The maximum absolute atomic E-state index is 3.63. The normalized spacial score (nSPS) is 23.1. The van der Waals surface area contributed by atoms with E-state index in [0.29, 0.717) is 6.04 Å². The molecule has 0 spiro atoms. The lowest BCUT2D eigenvalue weighted by molar-refractivity contribution is 0.166. The van der Waals surface area contributed by atoms with Crippen LogP contribution in [-0.4, -0.2) is 47.6 Å². The standard InChI is InChI=1S/C14H30N2S/c1-12(11-15-14(3,4)5)13(2)16-7-6-9-17-10-8-16/h12-13,15H,6-11H2,1-5H3. The molecule has 2 unspecified atom stereocenters. The third-order valence-corrected chi connectivity index (χ3v) is 4.66. The van der Waals surface area contributed by atoms with Gasteiger partial charge in [-0.3, -0.25) is 4.90 Å². The molecule has 1 saturated heterocycles. The third-order valence-electron chi connectivity index (χ3n) is 3.61. The van der Waals surface area contributed by atoms with Gasteiger partial charge in [0.05, 0.1) is 0 Å². The summed E-state index contributed by atoms with van der Waals surface area (Å²) in [6, 6.07) is 0.698. The molecule has 0 saturated carbocycles. The average Bonchev–Trinajstić information content (AvgIpc) is 2.52. The third kappa shape index (κ3) is 6.12. The molecule has 0 amide bonds. The number of nitrogens with one attached hydrogen (secondary N) is 1. The molecule has 0 aromatic rings. The molecule has 1 rings (SSSR count). The molecule has 2 atom stereocenters. The summed E-state index contributed by atoms with van der Waals surface area (Å²) in [5.41, 5.74) is 0.239. The number of hydrogen-bond donors (Lipinski definition) is 1. The van der Waals surface area contributed by atoms with Crippen LogP contribution in [0.25, 0.3) is 0 Å². The zero-order valence-electron chi connectivity index (χ0n) is 12.3. The Bertz CT molecular complexity index is 205. The quantitative estimate of drug-likeness (QED) is 0.835. The molecular weight excluding hydrogens is 228 g/mol. The Balaban J connectivity index is 2.36. The van der Waals surface area contributed by atoms with Crippen LogP contribution in [0.5, 0.6) is 0 Å². The largest absolute Gasteiger partial charge is 0.312 e. The SMILES string of the molecule is CC(CNC(C)(C)C)C(C)N1CCCSCC1. The lowest BCUT2D eigenvalue weighted by Crippen LogP contribution is -2.46. The highest BCUT2D eigenvalue weighted by molar-refractivity contribution is 7.99. The van der Waals surface area contributed by atoms with Crippen LogP contribution in [0.4, 0.5) is 0 Å². The topological polar surface area (TPSA) is 15.3 Å². The molecule has 17 heavy (non-hydrogen) atoms. The summed E-state index contributed by atoms with van der Waals surface area (Å²) in [6.07, 6.45) is 1.36. The first-order chi connectivity index (χ1) is 7.90. The van der Waals surface area contributed by atoms with Gasteiger partial charge in [-0.15, -0.1) is 0 Å². The van der Waals surface area contributed by atoms with E-state index in [1.165, 1.54) is 31.0 Å². The van der Waals surface area contributed by atoms with Crippen LogP contribution in [-0.2, 0) is 0 Å². The minimum absolute atomic E-state index is 0.239. The lowest BCUT2D eigenvalue weighted by atomic mass is 9.99. The van der Waals surface area contributed by atoms with Gasteiger partial charge in [-0.05, 0) is 58.9 Å². The summed E-state index contributed by atoms with van der Waals surface area (Å²) in [7, 11) is 0. The summed E-state index contributed by atoms with van der Waals surface area (Å²) in [5, 5.41) is 3.63. The first kappa shape index (κ1) is 15.3. The van der Waals surface area contributed by atoms with Gasteiger partial charge in [0.2, 0.25) is 0 Å². The molecule has 0 aromatic heterocycles. The molecule has 0 aromatic carbocycles. The van der Waals surface area contributed by atoms with Crippen LogP contribution in [0.1, 0.15) is 41.0 Å². The summed E-state index contributed by atoms with van der Waals surface area (Å²) < 4.78 is 0. The Labute approximate surface area is 112 Å². The van der Waals surface area contributed by atoms with Crippen molar-refractivity contribution in [2.24, 2.45) is 5.92 Å². The average molecular weight is 258 g/mol. The molecule has 0 aliphatic carbocycles. The van der Waals surface area contributed by atoms with Gasteiger partial charge in [0.1, 0.15) is 0 Å². The van der Waals surface area contributed by atoms with E-state index in [0.717, 1.165) is 12.5 Å². The molecule has 1 fully saturated rings. The van der Waals surface area contributed by atoms with Gasteiger partial charge < -0.3 is 5.32 Å². The number of nitrogens with zero attached hydrogens (tertiary/aromatic N) is 1. The molecule has 0 bridgehead atoms. The van der Waals surface area contributed by atoms with E-state index in [1.54, 1.807) is 0 Å². The van der Waals surface area contributed by atoms with Crippen LogP contribution < -0.4 is 5.32 Å². The maximum atomic E-state index is 3.63. The molecular formula is C14H30N2S. The molecule has 102 valence electrons. The van der Waals surface area contributed by atoms with Gasteiger partial charge in [0.15, 0.2) is 0 Å². The lowest BCUT2D eigenvalue weighted by Gasteiger charge is -2.34. The number of rotatable bonds is 4. The highest BCUT2D eigenvalue weighted by Gasteiger charge is 2.22. The van der Waals surface area contributed by atoms with Crippen molar-refractivity contribution in [1.29, 1.82) is 0 Å². The van der Waals surface area contributed by atoms with Gasteiger partial charge in [0.25, 0.3) is 0 Å². The predicted molar refractivity (Wildman–Crippen MR) is 79.9 cm³/mol. The van der Waals surface area contributed by atoms with E-state index < -0.39 is 0 Å². The first-order valence-corrected chi connectivity index (χ1v) is 8.12. The molecule has 2 nitrogen and oxygen atoms in total. The molecule has 1 aliphatic rings. The van der Waals surface area contributed by atoms with Crippen LogP contribution in [0.15, 0.2) is 0 Å². The Morgan fingerprint density at radius 2 is 1.88 bits per heavy atom. The first-order valence-electron chi connectivity index (χ1n) is 6.97. The fourth-order valence-corrected chi connectivity index (χ4v) is 3.07. The van der Waals surface area contributed by atoms with Crippen LogP contribution in [0, 0.1) is 5.92 Å². The van der Waals surface area contributed by atoms with Crippen molar-refractivity contribution in [3.63, 3.8) is 0 Å². The van der Waals surface area contributed by atoms with Crippen molar-refractivity contribution in [3.8, 4) is 0 Å². The fourth-order valence-electron chi connectivity index (χ4n) is 2.17. The minimum atomic E-state index is 0.239. The van der Waals surface area contributed by atoms with E-state index in [1.807, 2.05) is 0 Å². The van der Waals surface area contributed by atoms with Gasteiger partial charge >= 0.3 is 0 Å². The van der Waals surface area contributed by atoms with Crippen LogP contribution >= 0.6 is 11.8 Å². The van der Waals surface area contributed by atoms with Gasteiger partial charge in [0, 0.05) is 23.9 Å². The second kappa shape index (κ2) is 7.01. The van der Waals surface area contributed by atoms with Crippen molar-refractivity contribution in [3.05, 3.63) is 0 Å². The Morgan fingerprint density at radius 1 is 1.18 bits per heavy atom. The van der Waals surface area contributed by atoms with E-state index >= 15 is 0 Å². The Kier molecular flexibility index (Phi) is 6.32. The van der Waals surface area contributed by atoms with Crippen molar-refractivity contribution in [1.82, 2.24) is 10.2 Å². The number of hydrogen-bond acceptors (Lipinski definition) is 3. The summed E-state index contributed by atoms with van der Waals surface area (Å²) in [4.78, 5) is 2.68. The van der Waals surface area contributed by atoms with Crippen molar-refractivity contribution < 1.29 is 0 Å². The van der Waals surface area contributed by atoms with Crippen molar-refractivity contribution in [2.75, 3.05) is 31.1 Å². The van der Waals surface area contributed by atoms with Crippen molar-refractivity contribution in [2.45, 2.75) is 52.6 Å². The monoisotopic (exact) mass is 258 g/mol. The molecule has 1 aliphatic heterocycles. The zero-order valence-corrected chi connectivity index (χ0v) is 13.1. The van der Waals surface area contributed by atoms with E-state index in [2.05, 4.69) is 56.6 Å². The van der Waals surface area contributed by atoms with E-state index in [9.17, 15) is 0 Å². The summed E-state index contributed by atoms with van der Waals surface area (Å²) in [6.45, 7) is 15.2. The smallest absolute Gasteiger partial charge is 0.0105 e. The van der Waals surface area contributed by atoms with E-state index in [-0.39, 0.29) is 5.54 Å². The fraction of sp³-hybridized carbons (Fsp3) is 1.00. The van der Waals surface area contributed by atoms with Gasteiger partial charge in [-0.2, -0.15) is 11.8 Å². The second-order valence-electron chi connectivity index (χ2n) is 6.35. The molecule has 3 heteroatoms. The Hall–Kier alpha value is 0.270. The predicted octanol–water partition coefficient (Wildman–Crippen LogP) is 2.84. The zero-order chi connectivity index (χ0) is 12.9. The Morgan fingerprint density at radius 3 is 2.53 bits per heavy atom. The summed E-state index contributed by atoms with van der Waals surface area (Å²) >= 11 is 2.11. The number of thioether (sulfide) groups is 1. The molecule has 1 N–H and O–H groups in total. The van der Waals surface area contributed by atoms with Crippen LogP contribution in [0.3, 0.4) is 0 Å². The second-order valence-corrected chi connectivity index (χ2v) is 7.58. The van der Waals surface area contributed by atoms with Gasteiger partial charge in [-0.1, -0.05) is 6.92 Å². The van der Waals surface area contributed by atoms with Crippen molar-refractivity contribution >= 4 is 11.8 Å². The molecule has 0 radical (unpaired) electrons. The highest BCUT2D eigenvalue weighted by atomic mass is 32.2. The maximum Gasteiger partial charge on any atom is 0.0105 e. The summed E-state index contributed by atoms with van der Waals surface area (Å²) in [5.74, 6) is 3.37. The highest BCUT2D eigenvalue weighted by Crippen LogP contribution is 2.17.